The lowest BCUT2D eigenvalue weighted by atomic mass is 9.99. The second kappa shape index (κ2) is 15.2. The van der Waals surface area contributed by atoms with E-state index in [0.29, 0.717) is 18.5 Å². The number of hydrogen-bond acceptors (Lipinski definition) is 7. The average molecular weight is 633 g/mol. The van der Waals surface area contributed by atoms with Crippen LogP contribution in [0.5, 0.6) is 5.75 Å². The topological polar surface area (TPSA) is 89.9 Å². The van der Waals surface area contributed by atoms with E-state index in [1.165, 1.54) is 0 Å². The number of benzene rings is 4. The van der Waals surface area contributed by atoms with Crippen LogP contribution in [-0.2, 0) is 22.6 Å². The molecule has 0 saturated carbocycles. The number of methoxy groups -OCH3 is 1. The van der Waals surface area contributed by atoms with E-state index in [9.17, 15) is 9.90 Å². The molecule has 3 atom stereocenters. The van der Waals surface area contributed by atoms with Crippen molar-refractivity contribution >= 4 is 17.7 Å². The third-order valence-electron chi connectivity index (χ3n) is 7.90. The minimum atomic E-state index is -0.568. The molecule has 0 unspecified atom stereocenters. The van der Waals surface area contributed by atoms with Crippen molar-refractivity contribution in [2.75, 3.05) is 12.9 Å². The van der Waals surface area contributed by atoms with E-state index in [-0.39, 0.29) is 24.7 Å². The van der Waals surface area contributed by atoms with Gasteiger partial charge < -0.3 is 24.6 Å². The zero-order valence-corrected chi connectivity index (χ0v) is 26.4. The first-order valence-corrected chi connectivity index (χ1v) is 16.2. The van der Waals surface area contributed by atoms with Gasteiger partial charge in [0.15, 0.2) is 6.29 Å². The van der Waals surface area contributed by atoms with Gasteiger partial charge in [-0.3, -0.25) is 9.78 Å². The van der Waals surface area contributed by atoms with E-state index >= 15 is 0 Å². The van der Waals surface area contributed by atoms with Crippen molar-refractivity contribution in [1.82, 2.24) is 10.3 Å². The van der Waals surface area contributed by atoms with Gasteiger partial charge in [-0.15, -0.1) is 11.8 Å². The summed E-state index contributed by atoms with van der Waals surface area (Å²) in [7, 11) is 1.69. The Kier molecular flexibility index (Phi) is 10.4. The lowest BCUT2D eigenvalue weighted by Gasteiger charge is -2.36. The van der Waals surface area contributed by atoms with Crippen molar-refractivity contribution in [2.24, 2.45) is 0 Å². The third-order valence-corrected chi connectivity index (χ3v) is 9.09. The molecular formula is C38H36N2O5S. The number of ether oxygens (including phenoxy) is 3. The molecule has 5 aromatic rings. The van der Waals surface area contributed by atoms with Crippen molar-refractivity contribution in [3.8, 4) is 16.9 Å². The Labute approximate surface area is 273 Å². The number of aliphatic hydroxyl groups excluding tert-OH is 1. The van der Waals surface area contributed by atoms with E-state index in [0.717, 1.165) is 49.8 Å². The van der Waals surface area contributed by atoms with Crippen LogP contribution in [0.15, 0.2) is 126 Å². The van der Waals surface area contributed by atoms with Gasteiger partial charge in [0.25, 0.3) is 5.91 Å². The zero-order valence-electron chi connectivity index (χ0n) is 25.5. The van der Waals surface area contributed by atoms with Gasteiger partial charge in [-0.2, -0.15) is 0 Å². The number of nitrogens with zero attached hydrogens (tertiary/aromatic N) is 1. The number of pyridine rings is 1. The van der Waals surface area contributed by atoms with Gasteiger partial charge in [-0.1, -0.05) is 72.8 Å². The third kappa shape index (κ3) is 7.84. The van der Waals surface area contributed by atoms with E-state index in [4.69, 9.17) is 14.2 Å². The molecule has 0 bridgehead atoms. The summed E-state index contributed by atoms with van der Waals surface area (Å²) in [6.07, 6.45) is 3.08. The molecule has 0 spiro atoms. The minimum Gasteiger partial charge on any atom is -0.496 e. The van der Waals surface area contributed by atoms with Crippen molar-refractivity contribution in [3.63, 3.8) is 0 Å². The van der Waals surface area contributed by atoms with E-state index < -0.39 is 6.29 Å². The number of para-hydroxylation sites is 1. The smallest absolute Gasteiger partial charge is 0.253 e. The normalized spacial score (nSPS) is 17.7. The van der Waals surface area contributed by atoms with Crippen LogP contribution in [0, 0.1) is 0 Å². The summed E-state index contributed by atoms with van der Waals surface area (Å²) in [5.74, 6) is 1.42. The van der Waals surface area contributed by atoms with Gasteiger partial charge in [0.1, 0.15) is 5.75 Å². The van der Waals surface area contributed by atoms with Gasteiger partial charge in [-0.05, 0) is 64.2 Å². The first-order chi connectivity index (χ1) is 22.6. The predicted molar refractivity (Wildman–Crippen MR) is 179 cm³/mol. The van der Waals surface area contributed by atoms with Crippen LogP contribution in [0.1, 0.15) is 51.4 Å². The molecule has 0 radical (unpaired) electrons. The van der Waals surface area contributed by atoms with E-state index in [1.807, 2.05) is 66.7 Å². The molecule has 8 heteroatoms. The molecular weight excluding hydrogens is 596 g/mol. The number of aliphatic hydroxyl groups is 1. The Balaban J connectivity index is 1.20. The molecule has 1 saturated heterocycles. The molecule has 1 aliphatic rings. The first-order valence-electron chi connectivity index (χ1n) is 15.2. The Bertz CT molecular complexity index is 1750. The molecule has 0 aliphatic carbocycles. The van der Waals surface area contributed by atoms with Crippen molar-refractivity contribution < 1.29 is 24.1 Å². The lowest BCUT2D eigenvalue weighted by Crippen LogP contribution is -2.31. The van der Waals surface area contributed by atoms with Gasteiger partial charge in [0.2, 0.25) is 0 Å². The highest BCUT2D eigenvalue weighted by Gasteiger charge is 2.32. The van der Waals surface area contributed by atoms with Crippen LogP contribution < -0.4 is 10.1 Å². The average Bonchev–Trinajstić information content (AvgIpc) is 3.13. The molecule has 2 N–H and O–H groups in total. The fourth-order valence-corrected chi connectivity index (χ4v) is 6.50. The molecule has 1 aromatic heterocycles. The molecule has 1 amide bonds. The summed E-state index contributed by atoms with van der Waals surface area (Å²) in [5.41, 5.74) is 6.42. The summed E-state index contributed by atoms with van der Waals surface area (Å²) in [6, 6.07) is 35.8. The van der Waals surface area contributed by atoms with E-state index in [1.54, 1.807) is 43.4 Å². The van der Waals surface area contributed by atoms with Crippen LogP contribution in [0.25, 0.3) is 11.1 Å². The Hall–Kier alpha value is -4.47. The quantitative estimate of drug-likeness (QED) is 0.146. The van der Waals surface area contributed by atoms with Crippen LogP contribution in [0.4, 0.5) is 0 Å². The molecule has 234 valence electrons. The number of nitrogens with one attached hydrogen (secondary N) is 1. The maximum Gasteiger partial charge on any atom is 0.253 e. The maximum absolute atomic E-state index is 12.5. The molecule has 1 aliphatic heterocycles. The molecule has 1 fully saturated rings. The second-order valence-electron chi connectivity index (χ2n) is 11.1. The summed E-state index contributed by atoms with van der Waals surface area (Å²) >= 11 is 1.71. The molecule has 4 aromatic carbocycles. The fourth-order valence-electron chi connectivity index (χ4n) is 5.45. The fraction of sp³-hybridized carbons (Fsp3) is 0.211. The van der Waals surface area contributed by atoms with Gasteiger partial charge in [0, 0.05) is 41.6 Å². The number of aromatic nitrogens is 1. The SMILES string of the molecule is COc1ccccc1SC[C@@H]1C[C@H](c2ccc(CO)cc2)O[C@H](c2cccc(-c3cccc(CNC(=O)c4cccnc4)c3)c2)O1. The number of amides is 1. The molecule has 7 nitrogen and oxygen atoms in total. The molecule has 6 rings (SSSR count). The zero-order chi connectivity index (χ0) is 31.7. The highest BCUT2D eigenvalue weighted by molar-refractivity contribution is 7.99. The van der Waals surface area contributed by atoms with Gasteiger partial charge in [-0.25, -0.2) is 0 Å². The van der Waals surface area contributed by atoms with Crippen LogP contribution in [0.3, 0.4) is 0 Å². The van der Waals surface area contributed by atoms with Crippen LogP contribution in [0.2, 0.25) is 0 Å². The largest absolute Gasteiger partial charge is 0.496 e. The van der Waals surface area contributed by atoms with Gasteiger partial charge >= 0.3 is 0 Å². The van der Waals surface area contributed by atoms with Crippen molar-refractivity contribution in [2.45, 2.75) is 43.0 Å². The lowest BCUT2D eigenvalue weighted by molar-refractivity contribution is -0.245. The molecule has 46 heavy (non-hydrogen) atoms. The number of hydrogen-bond donors (Lipinski definition) is 2. The van der Waals surface area contributed by atoms with Crippen molar-refractivity contribution in [3.05, 3.63) is 149 Å². The standard InChI is InChI=1S/C38H36N2O5S/c1-43-34-12-2-3-13-36(34)46-25-33-21-35(28-16-14-26(24-41)15-17-28)45-38(44-33)31-10-5-9-30(20-31)29-8-4-7-27(19-29)22-40-37(42)32-11-6-18-39-23-32/h2-20,23,33,35,38,41H,21-22,24-25H2,1H3,(H,40,42)/t33-,35+,38+/m0/s1. The van der Waals surface area contributed by atoms with Crippen molar-refractivity contribution in [1.29, 1.82) is 0 Å². The number of thioether (sulfide) groups is 1. The summed E-state index contributed by atoms with van der Waals surface area (Å²) in [5, 5.41) is 12.5. The summed E-state index contributed by atoms with van der Waals surface area (Å²) in [4.78, 5) is 17.6. The number of carbonyl (C=O) groups is 1. The Morgan fingerprint density at radius 3 is 2.48 bits per heavy atom. The summed E-state index contributed by atoms with van der Waals surface area (Å²) < 4.78 is 18.8. The second-order valence-corrected chi connectivity index (χ2v) is 12.1. The highest BCUT2D eigenvalue weighted by atomic mass is 32.2. The Morgan fingerprint density at radius 2 is 1.70 bits per heavy atom. The van der Waals surface area contributed by atoms with Crippen LogP contribution >= 0.6 is 11.8 Å². The highest BCUT2D eigenvalue weighted by Crippen LogP contribution is 2.41. The first kappa shape index (κ1) is 31.5. The number of rotatable bonds is 11. The van der Waals surface area contributed by atoms with Crippen LogP contribution in [-0.4, -0.2) is 35.0 Å². The Morgan fingerprint density at radius 1 is 0.891 bits per heavy atom. The van der Waals surface area contributed by atoms with Gasteiger partial charge in [0.05, 0.1) is 31.5 Å². The van der Waals surface area contributed by atoms with E-state index in [2.05, 4.69) is 40.6 Å². The maximum atomic E-state index is 12.5. The minimum absolute atomic E-state index is 0.000578. The monoisotopic (exact) mass is 632 g/mol. The summed E-state index contributed by atoms with van der Waals surface area (Å²) in [6.45, 7) is 0.402. The molecule has 2 heterocycles. The predicted octanol–water partition coefficient (Wildman–Crippen LogP) is 7.52. The number of carbonyl (C=O) groups excluding carboxylic acids is 1.